The standard InChI is InChI=1S/C55H105NO5/c1-3-5-7-9-11-13-15-16-17-18-19-20-21-22-23-24-25-26-27-29-31-35-39-43-47-53(58)52(51-57)56-54(59)48-44-40-36-32-30-34-38-42-46-50-61-55(60)49-45-41-37-33-28-14-12-10-8-6-4-2/h32,36,43,47,52-53,57-58H,3-31,33-35,37-42,44-46,48-51H2,1-2H3,(H,56,59)/b36-32-,47-43+. The largest absolute Gasteiger partial charge is 0.466 e. The van der Waals surface area contributed by atoms with Gasteiger partial charge < -0.3 is 20.3 Å². The molecule has 0 aliphatic carbocycles. The maximum Gasteiger partial charge on any atom is 0.305 e. The highest BCUT2D eigenvalue weighted by Crippen LogP contribution is 2.17. The van der Waals surface area contributed by atoms with Gasteiger partial charge in [-0.25, -0.2) is 0 Å². The number of carbonyl (C=O) groups excluding carboxylic acids is 2. The predicted octanol–water partition coefficient (Wildman–Crippen LogP) is 16.3. The van der Waals surface area contributed by atoms with E-state index in [-0.39, 0.29) is 18.5 Å². The zero-order valence-corrected chi connectivity index (χ0v) is 40.9. The van der Waals surface area contributed by atoms with E-state index in [4.69, 9.17) is 4.74 Å². The van der Waals surface area contributed by atoms with E-state index in [9.17, 15) is 19.8 Å². The van der Waals surface area contributed by atoms with Crippen LogP contribution in [-0.2, 0) is 14.3 Å². The van der Waals surface area contributed by atoms with Gasteiger partial charge in [0.05, 0.1) is 25.4 Å². The Morgan fingerprint density at radius 2 is 0.787 bits per heavy atom. The Hall–Kier alpha value is -1.66. The summed E-state index contributed by atoms with van der Waals surface area (Å²) in [5.74, 6) is -0.164. The Kier molecular flexibility index (Phi) is 49.6. The first kappa shape index (κ1) is 59.3. The summed E-state index contributed by atoms with van der Waals surface area (Å²) in [5.41, 5.74) is 0. The number of ether oxygens (including phenoxy) is 1. The molecule has 2 atom stereocenters. The summed E-state index contributed by atoms with van der Waals surface area (Å²) < 4.78 is 5.42. The van der Waals surface area contributed by atoms with Crippen LogP contribution in [0.5, 0.6) is 0 Å². The minimum absolute atomic E-state index is 0.0379. The summed E-state index contributed by atoms with van der Waals surface area (Å²) in [6.45, 7) is 4.82. The molecule has 3 N–H and O–H groups in total. The second-order valence-electron chi connectivity index (χ2n) is 18.6. The lowest BCUT2D eigenvalue weighted by Crippen LogP contribution is -2.45. The predicted molar refractivity (Wildman–Crippen MR) is 264 cm³/mol. The van der Waals surface area contributed by atoms with Crippen LogP contribution in [0.2, 0.25) is 0 Å². The van der Waals surface area contributed by atoms with Crippen molar-refractivity contribution in [3.8, 4) is 0 Å². The van der Waals surface area contributed by atoms with Crippen molar-refractivity contribution in [3.63, 3.8) is 0 Å². The van der Waals surface area contributed by atoms with Crippen LogP contribution >= 0.6 is 0 Å². The van der Waals surface area contributed by atoms with Gasteiger partial charge >= 0.3 is 5.97 Å². The minimum atomic E-state index is -0.875. The van der Waals surface area contributed by atoms with Crippen LogP contribution in [0, 0.1) is 0 Å². The number of carbonyl (C=O) groups is 2. The topological polar surface area (TPSA) is 95.9 Å². The van der Waals surface area contributed by atoms with Crippen LogP contribution < -0.4 is 5.32 Å². The fraction of sp³-hybridized carbons (Fsp3) is 0.891. The number of amides is 1. The van der Waals surface area contributed by atoms with Crippen molar-refractivity contribution in [1.29, 1.82) is 0 Å². The molecule has 0 saturated heterocycles. The molecule has 0 aromatic rings. The van der Waals surface area contributed by atoms with E-state index in [1.807, 2.05) is 6.08 Å². The number of unbranched alkanes of at least 4 members (excludes halogenated alkanes) is 37. The molecule has 360 valence electrons. The van der Waals surface area contributed by atoms with Gasteiger partial charge in [0, 0.05) is 12.8 Å². The lowest BCUT2D eigenvalue weighted by molar-refractivity contribution is -0.143. The maximum atomic E-state index is 12.4. The highest BCUT2D eigenvalue weighted by atomic mass is 16.5. The zero-order chi connectivity index (χ0) is 44.4. The van der Waals surface area contributed by atoms with Crippen LogP contribution in [0.1, 0.15) is 290 Å². The summed E-state index contributed by atoms with van der Waals surface area (Å²) in [6, 6.07) is -0.665. The van der Waals surface area contributed by atoms with E-state index < -0.39 is 12.1 Å². The Labute approximate surface area is 380 Å². The van der Waals surface area contributed by atoms with E-state index >= 15 is 0 Å². The number of nitrogens with one attached hydrogen (secondary N) is 1. The summed E-state index contributed by atoms with van der Waals surface area (Å²) in [5, 5.41) is 23.1. The number of esters is 1. The Morgan fingerprint density at radius 1 is 0.443 bits per heavy atom. The average molecular weight is 860 g/mol. The molecule has 0 aromatic heterocycles. The van der Waals surface area contributed by atoms with Crippen LogP contribution in [0.25, 0.3) is 0 Å². The molecule has 0 aliphatic heterocycles. The molecule has 0 bridgehead atoms. The molecule has 6 heteroatoms. The van der Waals surface area contributed by atoms with Gasteiger partial charge in [0.15, 0.2) is 0 Å². The average Bonchev–Trinajstić information content (AvgIpc) is 3.26. The fourth-order valence-corrected chi connectivity index (χ4v) is 8.28. The first-order valence-corrected chi connectivity index (χ1v) is 27.1. The number of rotatable bonds is 50. The summed E-state index contributed by atoms with van der Waals surface area (Å²) in [4.78, 5) is 24.4. The van der Waals surface area contributed by atoms with E-state index in [1.54, 1.807) is 6.08 Å². The normalized spacial score (nSPS) is 12.8. The molecular weight excluding hydrogens is 755 g/mol. The third kappa shape index (κ3) is 47.7. The second kappa shape index (κ2) is 51.0. The van der Waals surface area contributed by atoms with Gasteiger partial charge in [0.1, 0.15) is 0 Å². The Balaban J connectivity index is 3.56. The Morgan fingerprint density at radius 3 is 1.20 bits per heavy atom. The molecule has 2 unspecified atom stereocenters. The zero-order valence-electron chi connectivity index (χ0n) is 40.9. The van der Waals surface area contributed by atoms with Crippen LogP contribution in [0.4, 0.5) is 0 Å². The van der Waals surface area contributed by atoms with Gasteiger partial charge in [0.25, 0.3) is 0 Å². The quantitative estimate of drug-likeness (QED) is 0.0322. The number of hydrogen-bond acceptors (Lipinski definition) is 5. The van der Waals surface area contributed by atoms with E-state index in [0.29, 0.717) is 19.4 Å². The van der Waals surface area contributed by atoms with Crippen molar-refractivity contribution in [3.05, 3.63) is 24.3 Å². The maximum absolute atomic E-state index is 12.4. The van der Waals surface area contributed by atoms with Crippen molar-refractivity contribution in [2.24, 2.45) is 0 Å². The van der Waals surface area contributed by atoms with E-state index in [0.717, 1.165) is 70.6 Å². The van der Waals surface area contributed by atoms with E-state index in [1.165, 1.54) is 193 Å². The number of aliphatic hydroxyl groups is 2. The first-order chi connectivity index (χ1) is 30.0. The van der Waals surface area contributed by atoms with Crippen molar-refractivity contribution < 1.29 is 24.5 Å². The fourth-order valence-electron chi connectivity index (χ4n) is 8.28. The molecule has 6 nitrogen and oxygen atoms in total. The van der Waals surface area contributed by atoms with Crippen molar-refractivity contribution in [2.75, 3.05) is 13.2 Å². The van der Waals surface area contributed by atoms with Gasteiger partial charge in [-0.1, -0.05) is 250 Å². The van der Waals surface area contributed by atoms with Gasteiger partial charge in [0.2, 0.25) is 5.91 Å². The smallest absolute Gasteiger partial charge is 0.305 e. The Bertz CT molecular complexity index is 951. The lowest BCUT2D eigenvalue weighted by atomic mass is 10.0. The molecule has 0 rings (SSSR count). The van der Waals surface area contributed by atoms with E-state index in [2.05, 4.69) is 31.3 Å². The third-order valence-corrected chi connectivity index (χ3v) is 12.5. The number of allylic oxidation sites excluding steroid dienone is 3. The third-order valence-electron chi connectivity index (χ3n) is 12.5. The number of hydrogen-bond donors (Lipinski definition) is 3. The van der Waals surface area contributed by atoms with Crippen LogP contribution in [-0.4, -0.2) is 47.4 Å². The monoisotopic (exact) mass is 860 g/mol. The molecular formula is C55H105NO5. The van der Waals surface area contributed by atoms with Crippen molar-refractivity contribution in [1.82, 2.24) is 5.32 Å². The highest BCUT2D eigenvalue weighted by Gasteiger charge is 2.18. The second-order valence-corrected chi connectivity index (χ2v) is 18.6. The van der Waals surface area contributed by atoms with Gasteiger partial charge in [-0.05, 0) is 51.4 Å². The molecule has 1 amide bonds. The molecule has 0 heterocycles. The van der Waals surface area contributed by atoms with Crippen molar-refractivity contribution in [2.45, 2.75) is 302 Å². The molecule has 0 aromatic carbocycles. The summed E-state index contributed by atoms with van der Waals surface area (Å²) in [6.07, 6.45) is 60.6. The van der Waals surface area contributed by atoms with Gasteiger partial charge in [-0.3, -0.25) is 9.59 Å². The molecule has 0 radical (unpaired) electrons. The van der Waals surface area contributed by atoms with Crippen molar-refractivity contribution >= 4 is 11.9 Å². The molecule has 0 fully saturated rings. The molecule has 0 saturated carbocycles. The summed E-state index contributed by atoms with van der Waals surface area (Å²) >= 11 is 0. The number of aliphatic hydroxyl groups excluding tert-OH is 2. The minimum Gasteiger partial charge on any atom is -0.466 e. The first-order valence-electron chi connectivity index (χ1n) is 27.1. The summed E-state index contributed by atoms with van der Waals surface area (Å²) in [7, 11) is 0. The lowest BCUT2D eigenvalue weighted by Gasteiger charge is -2.19. The molecule has 0 spiro atoms. The van der Waals surface area contributed by atoms with Gasteiger partial charge in [-0.15, -0.1) is 0 Å². The van der Waals surface area contributed by atoms with Gasteiger partial charge in [-0.2, -0.15) is 0 Å². The van der Waals surface area contributed by atoms with Crippen LogP contribution in [0.3, 0.4) is 0 Å². The molecule has 61 heavy (non-hydrogen) atoms. The highest BCUT2D eigenvalue weighted by molar-refractivity contribution is 5.76. The molecule has 0 aliphatic rings. The van der Waals surface area contributed by atoms with Crippen LogP contribution in [0.15, 0.2) is 24.3 Å². The SMILES string of the molecule is CCCCCCCCCCCCCCCCCCCCCCCC/C=C/C(O)C(CO)NC(=O)CCC/C=C\CCCCCCOC(=O)CCCCCCCCCCCCC.